The van der Waals surface area contributed by atoms with E-state index in [1.54, 1.807) is 0 Å². The molecule has 0 radical (unpaired) electrons. The molecular formula is C13H25N3S. The highest BCUT2D eigenvalue weighted by molar-refractivity contribution is 7.98. The van der Waals surface area contributed by atoms with Crippen molar-refractivity contribution in [3.8, 4) is 0 Å². The van der Waals surface area contributed by atoms with Gasteiger partial charge in [-0.25, -0.2) is 0 Å². The smallest absolute Gasteiger partial charge is 0.0522 e. The van der Waals surface area contributed by atoms with Crippen molar-refractivity contribution < 1.29 is 0 Å². The average Bonchev–Trinajstić information content (AvgIpc) is 2.80. The standard InChI is InChI=1S/C13H25N3S/c1-4-7-14-13(6-8-17-3)9-12-10-15-16(5-2)11-12/h10-11,13-14H,4-9H2,1-3H3. The van der Waals surface area contributed by atoms with Crippen LogP contribution >= 0.6 is 11.8 Å². The Balaban J connectivity index is 2.45. The lowest BCUT2D eigenvalue weighted by Gasteiger charge is -2.17. The first-order chi connectivity index (χ1) is 8.30. The fourth-order valence-electron chi connectivity index (χ4n) is 1.85. The summed E-state index contributed by atoms with van der Waals surface area (Å²) >= 11 is 1.92. The topological polar surface area (TPSA) is 29.9 Å². The Hall–Kier alpha value is -0.480. The molecule has 0 saturated heterocycles. The number of hydrogen-bond donors (Lipinski definition) is 1. The highest BCUT2D eigenvalue weighted by Gasteiger charge is 2.09. The number of rotatable bonds is 9. The Kier molecular flexibility index (Phi) is 7.37. The zero-order valence-electron chi connectivity index (χ0n) is 11.3. The van der Waals surface area contributed by atoms with Crippen LogP contribution in [0.15, 0.2) is 12.4 Å². The van der Waals surface area contributed by atoms with Gasteiger partial charge in [0.25, 0.3) is 0 Å². The van der Waals surface area contributed by atoms with Gasteiger partial charge in [-0.05, 0) is 50.3 Å². The van der Waals surface area contributed by atoms with Crippen LogP contribution in [-0.2, 0) is 13.0 Å². The van der Waals surface area contributed by atoms with E-state index >= 15 is 0 Å². The number of thioether (sulfide) groups is 1. The van der Waals surface area contributed by atoms with Crippen LogP contribution < -0.4 is 5.32 Å². The van der Waals surface area contributed by atoms with Crippen LogP contribution in [0.4, 0.5) is 0 Å². The predicted octanol–water partition coefficient (Wildman–Crippen LogP) is 2.57. The maximum Gasteiger partial charge on any atom is 0.0522 e. The minimum Gasteiger partial charge on any atom is -0.314 e. The van der Waals surface area contributed by atoms with Gasteiger partial charge in [0.05, 0.1) is 6.20 Å². The van der Waals surface area contributed by atoms with Gasteiger partial charge in [-0.1, -0.05) is 6.92 Å². The van der Waals surface area contributed by atoms with Crippen LogP contribution in [-0.4, -0.2) is 34.4 Å². The van der Waals surface area contributed by atoms with Crippen molar-refractivity contribution in [3.63, 3.8) is 0 Å². The summed E-state index contributed by atoms with van der Waals surface area (Å²) in [6.07, 6.45) is 9.87. The Morgan fingerprint density at radius 2 is 2.29 bits per heavy atom. The molecular weight excluding hydrogens is 230 g/mol. The third-order valence-corrected chi connectivity index (χ3v) is 3.49. The fourth-order valence-corrected chi connectivity index (χ4v) is 2.37. The van der Waals surface area contributed by atoms with Crippen LogP contribution in [0, 0.1) is 0 Å². The molecule has 1 heterocycles. The quantitative estimate of drug-likeness (QED) is 0.735. The maximum absolute atomic E-state index is 4.33. The van der Waals surface area contributed by atoms with Gasteiger partial charge in [-0.2, -0.15) is 16.9 Å². The molecule has 1 aromatic heterocycles. The Morgan fingerprint density at radius 3 is 2.88 bits per heavy atom. The van der Waals surface area contributed by atoms with E-state index in [-0.39, 0.29) is 0 Å². The van der Waals surface area contributed by atoms with E-state index in [9.17, 15) is 0 Å². The van der Waals surface area contributed by atoms with Gasteiger partial charge in [0.2, 0.25) is 0 Å². The van der Waals surface area contributed by atoms with Crippen molar-refractivity contribution in [1.82, 2.24) is 15.1 Å². The monoisotopic (exact) mass is 255 g/mol. The molecule has 0 bridgehead atoms. The normalized spacial score (nSPS) is 12.9. The lowest BCUT2D eigenvalue weighted by molar-refractivity contribution is 0.497. The molecule has 0 aliphatic heterocycles. The van der Waals surface area contributed by atoms with Crippen LogP contribution in [0.3, 0.4) is 0 Å². The summed E-state index contributed by atoms with van der Waals surface area (Å²) in [6.45, 7) is 6.41. The van der Waals surface area contributed by atoms with Crippen molar-refractivity contribution in [2.75, 3.05) is 18.6 Å². The van der Waals surface area contributed by atoms with Gasteiger partial charge in [-0.15, -0.1) is 0 Å². The zero-order chi connectivity index (χ0) is 12.5. The number of aryl methyl sites for hydroxylation is 1. The lowest BCUT2D eigenvalue weighted by atomic mass is 10.1. The summed E-state index contributed by atoms with van der Waals surface area (Å²) in [6, 6.07) is 0.594. The van der Waals surface area contributed by atoms with Crippen molar-refractivity contribution in [3.05, 3.63) is 18.0 Å². The van der Waals surface area contributed by atoms with E-state index < -0.39 is 0 Å². The van der Waals surface area contributed by atoms with Gasteiger partial charge < -0.3 is 5.32 Å². The molecule has 4 heteroatoms. The second kappa shape index (κ2) is 8.59. The molecule has 1 N–H and O–H groups in total. The van der Waals surface area contributed by atoms with Gasteiger partial charge in [0.15, 0.2) is 0 Å². The molecule has 1 aromatic rings. The first-order valence-electron chi connectivity index (χ1n) is 6.53. The molecule has 0 aromatic carbocycles. The maximum atomic E-state index is 4.33. The Labute approximate surface area is 109 Å². The van der Waals surface area contributed by atoms with E-state index in [1.807, 2.05) is 22.6 Å². The van der Waals surface area contributed by atoms with E-state index in [0.29, 0.717) is 6.04 Å². The van der Waals surface area contributed by atoms with E-state index in [4.69, 9.17) is 0 Å². The fraction of sp³-hybridized carbons (Fsp3) is 0.769. The van der Waals surface area contributed by atoms with Crippen molar-refractivity contribution in [1.29, 1.82) is 0 Å². The molecule has 3 nitrogen and oxygen atoms in total. The largest absolute Gasteiger partial charge is 0.314 e. The van der Waals surface area contributed by atoms with Gasteiger partial charge in [0.1, 0.15) is 0 Å². The molecule has 1 rings (SSSR count). The second-order valence-corrected chi connectivity index (χ2v) is 5.33. The molecule has 1 atom stereocenters. The minimum atomic E-state index is 0.594. The lowest BCUT2D eigenvalue weighted by Crippen LogP contribution is -2.32. The zero-order valence-corrected chi connectivity index (χ0v) is 12.1. The summed E-state index contributed by atoms with van der Waals surface area (Å²) in [5.74, 6) is 1.23. The molecule has 98 valence electrons. The molecule has 0 aliphatic rings. The van der Waals surface area contributed by atoms with Gasteiger partial charge >= 0.3 is 0 Å². The molecule has 17 heavy (non-hydrogen) atoms. The molecule has 0 spiro atoms. The summed E-state index contributed by atoms with van der Waals surface area (Å²) < 4.78 is 2.00. The van der Waals surface area contributed by atoms with E-state index in [2.05, 4.69) is 36.7 Å². The third-order valence-electron chi connectivity index (χ3n) is 2.85. The van der Waals surface area contributed by atoms with Crippen molar-refractivity contribution in [2.45, 2.75) is 45.7 Å². The molecule has 0 amide bonds. The molecule has 1 unspecified atom stereocenters. The first-order valence-corrected chi connectivity index (χ1v) is 7.93. The van der Waals surface area contributed by atoms with E-state index in [0.717, 1.165) is 19.5 Å². The van der Waals surface area contributed by atoms with Crippen LogP contribution in [0.5, 0.6) is 0 Å². The Morgan fingerprint density at radius 1 is 1.47 bits per heavy atom. The molecule has 0 aliphatic carbocycles. The summed E-state index contributed by atoms with van der Waals surface area (Å²) in [4.78, 5) is 0. The second-order valence-electron chi connectivity index (χ2n) is 4.34. The number of nitrogens with one attached hydrogen (secondary N) is 1. The summed E-state index contributed by atoms with van der Waals surface area (Å²) in [5, 5.41) is 7.96. The highest BCUT2D eigenvalue weighted by atomic mass is 32.2. The van der Waals surface area contributed by atoms with Gasteiger partial charge in [0, 0.05) is 18.8 Å². The number of hydrogen-bond acceptors (Lipinski definition) is 3. The highest BCUT2D eigenvalue weighted by Crippen LogP contribution is 2.08. The van der Waals surface area contributed by atoms with E-state index in [1.165, 1.54) is 24.2 Å². The minimum absolute atomic E-state index is 0.594. The third kappa shape index (κ3) is 5.59. The number of nitrogens with zero attached hydrogens (tertiary/aromatic N) is 2. The summed E-state index contributed by atoms with van der Waals surface area (Å²) in [7, 11) is 0. The number of aromatic nitrogens is 2. The SMILES string of the molecule is CCCNC(CCSC)Cc1cnn(CC)c1. The Bertz CT molecular complexity index is 291. The molecule has 0 fully saturated rings. The van der Waals surface area contributed by atoms with Crippen LogP contribution in [0.1, 0.15) is 32.3 Å². The van der Waals surface area contributed by atoms with Crippen LogP contribution in [0.25, 0.3) is 0 Å². The van der Waals surface area contributed by atoms with Crippen LogP contribution in [0.2, 0.25) is 0 Å². The van der Waals surface area contributed by atoms with Crippen molar-refractivity contribution >= 4 is 11.8 Å². The van der Waals surface area contributed by atoms with Crippen molar-refractivity contribution in [2.24, 2.45) is 0 Å². The van der Waals surface area contributed by atoms with Gasteiger partial charge in [-0.3, -0.25) is 4.68 Å². The molecule has 0 saturated carbocycles. The average molecular weight is 255 g/mol. The predicted molar refractivity (Wildman–Crippen MR) is 76.7 cm³/mol. The first kappa shape index (κ1) is 14.6. The summed E-state index contributed by atoms with van der Waals surface area (Å²) in [5.41, 5.74) is 1.35.